The molecule has 0 amide bonds. The molecule has 0 spiro atoms. The van der Waals surface area contributed by atoms with Crippen molar-refractivity contribution >= 4 is 17.3 Å². The van der Waals surface area contributed by atoms with Gasteiger partial charge in [-0.1, -0.05) is 11.6 Å². The van der Waals surface area contributed by atoms with E-state index in [1.165, 1.54) is 0 Å². The van der Waals surface area contributed by atoms with Crippen molar-refractivity contribution in [2.24, 2.45) is 0 Å². The topological polar surface area (TPSA) is 30.5 Å². The van der Waals surface area contributed by atoms with Crippen molar-refractivity contribution in [3.63, 3.8) is 0 Å². The van der Waals surface area contributed by atoms with Gasteiger partial charge in [-0.25, -0.2) is 0 Å². The van der Waals surface area contributed by atoms with Crippen LogP contribution < -0.4 is 10.1 Å². The molecule has 0 aliphatic heterocycles. The fraction of sp³-hybridized carbons (Fsp3) is 0.571. The number of methoxy groups -OCH3 is 2. The van der Waals surface area contributed by atoms with Gasteiger partial charge in [-0.3, -0.25) is 0 Å². The molecule has 1 aliphatic carbocycles. The van der Waals surface area contributed by atoms with E-state index in [1.807, 2.05) is 18.2 Å². The molecule has 0 atom stereocenters. The van der Waals surface area contributed by atoms with Crippen LogP contribution in [-0.2, 0) is 4.74 Å². The van der Waals surface area contributed by atoms with Crippen molar-refractivity contribution in [3.8, 4) is 5.75 Å². The Morgan fingerprint density at radius 3 is 2.50 bits per heavy atom. The molecule has 4 heteroatoms. The van der Waals surface area contributed by atoms with Crippen LogP contribution in [0.25, 0.3) is 0 Å². The average Bonchev–Trinajstić information content (AvgIpc) is 2.42. The first-order chi connectivity index (χ1) is 8.72. The monoisotopic (exact) mass is 269 g/mol. The molecule has 0 saturated heterocycles. The normalized spacial score (nSPS) is 23.7. The molecule has 0 unspecified atom stereocenters. The first-order valence-electron chi connectivity index (χ1n) is 6.36. The highest BCUT2D eigenvalue weighted by molar-refractivity contribution is 6.33. The van der Waals surface area contributed by atoms with E-state index < -0.39 is 0 Å². The molecule has 1 aromatic rings. The summed E-state index contributed by atoms with van der Waals surface area (Å²) in [6, 6.07) is 6.16. The van der Waals surface area contributed by atoms with E-state index in [0.29, 0.717) is 12.1 Å². The summed E-state index contributed by atoms with van der Waals surface area (Å²) >= 11 is 6.19. The lowest BCUT2D eigenvalue weighted by Crippen LogP contribution is -2.29. The van der Waals surface area contributed by atoms with E-state index in [9.17, 15) is 0 Å². The second-order valence-corrected chi connectivity index (χ2v) is 5.11. The number of hydrogen-bond donors (Lipinski definition) is 1. The van der Waals surface area contributed by atoms with E-state index in [0.717, 1.165) is 42.1 Å². The number of anilines is 1. The first kappa shape index (κ1) is 13.5. The van der Waals surface area contributed by atoms with Crippen LogP contribution in [0.15, 0.2) is 18.2 Å². The van der Waals surface area contributed by atoms with Gasteiger partial charge in [-0.2, -0.15) is 0 Å². The largest absolute Gasteiger partial charge is 0.497 e. The highest BCUT2D eigenvalue weighted by Crippen LogP contribution is 2.30. The maximum Gasteiger partial charge on any atom is 0.121 e. The van der Waals surface area contributed by atoms with Gasteiger partial charge in [0, 0.05) is 19.2 Å². The van der Waals surface area contributed by atoms with Crippen LogP contribution in [0.5, 0.6) is 5.75 Å². The molecule has 0 heterocycles. The summed E-state index contributed by atoms with van der Waals surface area (Å²) < 4.78 is 10.6. The number of ether oxygens (including phenoxy) is 2. The van der Waals surface area contributed by atoms with E-state index in [4.69, 9.17) is 21.1 Å². The van der Waals surface area contributed by atoms with Crippen LogP contribution in [0.2, 0.25) is 5.02 Å². The predicted molar refractivity (Wildman–Crippen MR) is 74.7 cm³/mol. The standard InChI is InChI=1S/C14H20ClNO2/c1-17-11-5-3-10(4-6-11)16-14-9-12(18-2)7-8-13(14)15/h7-11,16H,3-6H2,1-2H3. The van der Waals surface area contributed by atoms with Gasteiger partial charge >= 0.3 is 0 Å². The van der Waals surface area contributed by atoms with Gasteiger partial charge in [0.1, 0.15) is 5.75 Å². The van der Waals surface area contributed by atoms with Crippen LogP contribution >= 0.6 is 11.6 Å². The van der Waals surface area contributed by atoms with Crippen LogP contribution in [0.4, 0.5) is 5.69 Å². The Labute approximate surface area is 113 Å². The smallest absolute Gasteiger partial charge is 0.121 e. The number of benzene rings is 1. The molecule has 0 aromatic heterocycles. The fourth-order valence-corrected chi connectivity index (χ4v) is 2.58. The Bertz CT molecular complexity index is 389. The number of nitrogens with one attached hydrogen (secondary N) is 1. The van der Waals surface area contributed by atoms with E-state index >= 15 is 0 Å². The minimum atomic E-state index is 0.420. The quantitative estimate of drug-likeness (QED) is 0.904. The van der Waals surface area contributed by atoms with Crippen LogP contribution in [0, 0.1) is 0 Å². The lowest BCUT2D eigenvalue weighted by molar-refractivity contribution is 0.0682. The van der Waals surface area contributed by atoms with Gasteiger partial charge in [0.05, 0.1) is 23.9 Å². The third-order valence-electron chi connectivity index (χ3n) is 3.54. The second kappa shape index (κ2) is 6.30. The maximum atomic E-state index is 6.19. The zero-order valence-electron chi connectivity index (χ0n) is 10.9. The molecule has 1 aromatic carbocycles. The Balaban J connectivity index is 1.97. The van der Waals surface area contributed by atoms with E-state index in [1.54, 1.807) is 14.2 Å². The summed E-state index contributed by atoms with van der Waals surface area (Å²) in [5.41, 5.74) is 0.955. The average molecular weight is 270 g/mol. The van der Waals surface area contributed by atoms with Crippen molar-refractivity contribution in [1.29, 1.82) is 0 Å². The molecule has 2 rings (SSSR count). The molecule has 1 saturated carbocycles. The molecule has 1 fully saturated rings. The Morgan fingerprint density at radius 2 is 1.89 bits per heavy atom. The molecule has 1 N–H and O–H groups in total. The van der Waals surface area contributed by atoms with Crippen LogP contribution in [0.3, 0.4) is 0 Å². The highest BCUT2D eigenvalue weighted by Gasteiger charge is 2.21. The molecular formula is C14H20ClNO2. The van der Waals surface area contributed by atoms with Gasteiger partial charge < -0.3 is 14.8 Å². The summed E-state index contributed by atoms with van der Waals surface area (Å²) in [7, 11) is 3.45. The van der Waals surface area contributed by atoms with Crippen molar-refractivity contribution in [2.45, 2.75) is 37.8 Å². The summed E-state index contributed by atoms with van der Waals surface area (Å²) in [5, 5.41) is 4.24. The number of halogens is 1. The van der Waals surface area contributed by atoms with Gasteiger partial charge in [-0.05, 0) is 37.8 Å². The fourth-order valence-electron chi connectivity index (χ4n) is 2.40. The summed E-state index contributed by atoms with van der Waals surface area (Å²) in [4.78, 5) is 0. The SMILES string of the molecule is COc1ccc(Cl)c(NC2CCC(OC)CC2)c1. The van der Waals surface area contributed by atoms with Gasteiger partial charge in [0.25, 0.3) is 0 Å². The van der Waals surface area contributed by atoms with Crippen molar-refractivity contribution in [2.75, 3.05) is 19.5 Å². The molecule has 0 radical (unpaired) electrons. The van der Waals surface area contributed by atoms with Gasteiger partial charge in [0.2, 0.25) is 0 Å². The van der Waals surface area contributed by atoms with Gasteiger partial charge in [0.15, 0.2) is 0 Å². The zero-order chi connectivity index (χ0) is 13.0. The summed E-state index contributed by atoms with van der Waals surface area (Å²) in [6.07, 6.45) is 4.87. The van der Waals surface area contributed by atoms with E-state index in [2.05, 4.69) is 5.32 Å². The molecule has 3 nitrogen and oxygen atoms in total. The third kappa shape index (κ3) is 3.30. The van der Waals surface area contributed by atoms with Crippen LogP contribution in [0.1, 0.15) is 25.7 Å². The summed E-state index contributed by atoms with van der Waals surface area (Å²) in [5.74, 6) is 0.826. The van der Waals surface area contributed by atoms with E-state index in [-0.39, 0.29) is 0 Å². The van der Waals surface area contributed by atoms with Crippen molar-refractivity contribution < 1.29 is 9.47 Å². The Hall–Kier alpha value is -0.930. The van der Waals surface area contributed by atoms with Crippen molar-refractivity contribution in [3.05, 3.63) is 23.2 Å². The molecular weight excluding hydrogens is 250 g/mol. The maximum absolute atomic E-state index is 6.19. The van der Waals surface area contributed by atoms with Gasteiger partial charge in [-0.15, -0.1) is 0 Å². The summed E-state index contributed by atoms with van der Waals surface area (Å²) in [6.45, 7) is 0. The van der Waals surface area contributed by atoms with Crippen molar-refractivity contribution in [1.82, 2.24) is 0 Å². The number of rotatable bonds is 4. The minimum absolute atomic E-state index is 0.420. The first-order valence-corrected chi connectivity index (χ1v) is 6.73. The molecule has 1 aliphatic rings. The zero-order valence-corrected chi connectivity index (χ0v) is 11.7. The Kier molecular flexibility index (Phi) is 4.72. The lowest BCUT2D eigenvalue weighted by atomic mass is 9.93. The lowest BCUT2D eigenvalue weighted by Gasteiger charge is -2.29. The third-order valence-corrected chi connectivity index (χ3v) is 3.87. The molecule has 0 bridgehead atoms. The molecule has 18 heavy (non-hydrogen) atoms. The second-order valence-electron chi connectivity index (χ2n) is 4.70. The minimum Gasteiger partial charge on any atom is -0.497 e. The van der Waals surface area contributed by atoms with Crippen LogP contribution in [-0.4, -0.2) is 26.4 Å². The number of hydrogen-bond acceptors (Lipinski definition) is 3. The Morgan fingerprint density at radius 1 is 1.17 bits per heavy atom. The highest BCUT2D eigenvalue weighted by atomic mass is 35.5. The predicted octanol–water partition coefficient (Wildman–Crippen LogP) is 3.72. The molecule has 100 valence electrons.